The van der Waals surface area contributed by atoms with E-state index in [0.717, 1.165) is 25.0 Å². The van der Waals surface area contributed by atoms with E-state index in [-0.39, 0.29) is 11.9 Å². The third kappa shape index (κ3) is 4.71. The van der Waals surface area contributed by atoms with Gasteiger partial charge in [-0.1, -0.05) is 0 Å². The quantitative estimate of drug-likeness (QED) is 0.796. The van der Waals surface area contributed by atoms with Crippen molar-refractivity contribution in [2.24, 2.45) is 0 Å². The highest BCUT2D eigenvalue weighted by Gasteiger charge is 2.14. The first-order chi connectivity index (χ1) is 11.3. The van der Waals surface area contributed by atoms with Gasteiger partial charge in [-0.05, 0) is 49.2 Å². The second-order valence-corrected chi connectivity index (χ2v) is 5.45. The summed E-state index contributed by atoms with van der Waals surface area (Å²) in [5, 5.41) is 11.4. The number of hydrogen-bond donors (Lipinski definition) is 1. The zero-order valence-electron chi connectivity index (χ0n) is 12.9. The standard InChI is InChI=1S/C17H20FN3O2/c18-14-5-3-13(4-6-14)16-7-8-17(21-20-16)19-9-11-22-12-15-2-1-10-23-15/h3-8,15H,1-2,9-12H2,(H,19,21). The van der Waals surface area contributed by atoms with Gasteiger partial charge in [-0.3, -0.25) is 0 Å². The summed E-state index contributed by atoms with van der Waals surface area (Å²) in [6, 6.07) is 9.90. The number of anilines is 1. The number of hydrogen-bond acceptors (Lipinski definition) is 5. The third-order valence-corrected chi connectivity index (χ3v) is 3.68. The maximum absolute atomic E-state index is 12.9. The zero-order chi connectivity index (χ0) is 15.9. The zero-order valence-corrected chi connectivity index (χ0v) is 12.9. The summed E-state index contributed by atoms with van der Waals surface area (Å²) in [4.78, 5) is 0. The number of halogens is 1. The molecule has 0 bridgehead atoms. The number of aromatic nitrogens is 2. The van der Waals surface area contributed by atoms with Gasteiger partial charge in [0.25, 0.3) is 0 Å². The molecule has 1 aliphatic rings. The molecule has 1 fully saturated rings. The van der Waals surface area contributed by atoms with Gasteiger partial charge in [0.2, 0.25) is 0 Å². The van der Waals surface area contributed by atoms with Crippen molar-refractivity contribution in [3.05, 3.63) is 42.2 Å². The Morgan fingerprint density at radius 1 is 1.17 bits per heavy atom. The van der Waals surface area contributed by atoms with Crippen molar-refractivity contribution in [3.8, 4) is 11.3 Å². The smallest absolute Gasteiger partial charge is 0.148 e. The summed E-state index contributed by atoms with van der Waals surface area (Å²) in [7, 11) is 0. The Labute approximate surface area is 134 Å². The number of ether oxygens (including phenoxy) is 2. The molecule has 0 aliphatic carbocycles. The van der Waals surface area contributed by atoms with E-state index in [1.165, 1.54) is 12.1 Å². The maximum Gasteiger partial charge on any atom is 0.148 e. The first kappa shape index (κ1) is 15.8. The van der Waals surface area contributed by atoms with Crippen LogP contribution in [0, 0.1) is 5.82 Å². The highest BCUT2D eigenvalue weighted by Crippen LogP contribution is 2.17. The minimum atomic E-state index is -0.261. The molecule has 1 saturated heterocycles. The molecule has 5 nitrogen and oxygen atoms in total. The third-order valence-electron chi connectivity index (χ3n) is 3.68. The molecule has 1 aromatic heterocycles. The van der Waals surface area contributed by atoms with Crippen LogP contribution in [0.4, 0.5) is 10.2 Å². The summed E-state index contributed by atoms with van der Waals surface area (Å²) in [6.07, 6.45) is 2.47. The fourth-order valence-electron chi connectivity index (χ4n) is 2.44. The lowest BCUT2D eigenvalue weighted by atomic mass is 10.1. The lowest BCUT2D eigenvalue weighted by Gasteiger charge is -2.10. The lowest BCUT2D eigenvalue weighted by Crippen LogP contribution is -2.18. The van der Waals surface area contributed by atoms with E-state index >= 15 is 0 Å². The van der Waals surface area contributed by atoms with Crippen molar-refractivity contribution in [3.63, 3.8) is 0 Å². The fourth-order valence-corrected chi connectivity index (χ4v) is 2.44. The van der Waals surface area contributed by atoms with Crippen LogP contribution >= 0.6 is 0 Å². The van der Waals surface area contributed by atoms with Gasteiger partial charge in [0, 0.05) is 18.7 Å². The second kappa shape index (κ2) is 7.99. The average Bonchev–Trinajstić information content (AvgIpc) is 3.09. The molecule has 0 radical (unpaired) electrons. The molecule has 2 aromatic rings. The van der Waals surface area contributed by atoms with Gasteiger partial charge in [-0.2, -0.15) is 0 Å². The molecule has 0 spiro atoms. The van der Waals surface area contributed by atoms with Crippen molar-refractivity contribution < 1.29 is 13.9 Å². The van der Waals surface area contributed by atoms with Crippen molar-refractivity contribution in [2.75, 3.05) is 31.7 Å². The Hall–Kier alpha value is -2.05. The SMILES string of the molecule is Fc1ccc(-c2ccc(NCCOCC3CCCO3)nn2)cc1. The van der Waals surface area contributed by atoms with Crippen molar-refractivity contribution >= 4 is 5.82 Å². The summed E-state index contributed by atoms with van der Waals surface area (Å²) >= 11 is 0. The van der Waals surface area contributed by atoms with E-state index in [9.17, 15) is 4.39 Å². The van der Waals surface area contributed by atoms with E-state index < -0.39 is 0 Å². The Morgan fingerprint density at radius 2 is 2.04 bits per heavy atom. The molecule has 0 saturated carbocycles. The van der Waals surface area contributed by atoms with Crippen molar-refractivity contribution in [1.29, 1.82) is 0 Å². The Bertz CT molecular complexity index is 598. The molecule has 0 amide bonds. The van der Waals surface area contributed by atoms with Gasteiger partial charge in [0.15, 0.2) is 0 Å². The number of nitrogens with zero attached hydrogens (tertiary/aromatic N) is 2. The normalized spacial score (nSPS) is 17.3. The van der Waals surface area contributed by atoms with Crippen LogP contribution in [0.2, 0.25) is 0 Å². The largest absolute Gasteiger partial charge is 0.377 e. The van der Waals surface area contributed by atoms with Crippen molar-refractivity contribution in [1.82, 2.24) is 10.2 Å². The highest BCUT2D eigenvalue weighted by molar-refractivity contribution is 5.59. The molecule has 6 heteroatoms. The van der Waals surface area contributed by atoms with Crippen LogP contribution in [0.5, 0.6) is 0 Å². The summed E-state index contributed by atoms with van der Waals surface area (Å²) < 4.78 is 24.0. The Morgan fingerprint density at radius 3 is 2.74 bits per heavy atom. The molecule has 1 aromatic carbocycles. The van der Waals surface area contributed by atoms with Gasteiger partial charge in [-0.25, -0.2) is 4.39 Å². The molecular formula is C17H20FN3O2. The van der Waals surface area contributed by atoms with E-state index in [1.807, 2.05) is 12.1 Å². The van der Waals surface area contributed by atoms with Gasteiger partial charge in [0.05, 0.1) is 25.0 Å². The Kier molecular flexibility index (Phi) is 5.50. The van der Waals surface area contributed by atoms with Gasteiger partial charge in [0.1, 0.15) is 11.6 Å². The maximum atomic E-state index is 12.9. The fraction of sp³-hybridized carbons (Fsp3) is 0.412. The minimum Gasteiger partial charge on any atom is -0.377 e. The number of nitrogens with one attached hydrogen (secondary N) is 1. The molecule has 3 rings (SSSR count). The van der Waals surface area contributed by atoms with Gasteiger partial charge >= 0.3 is 0 Å². The van der Waals surface area contributed by atoms with E-state index in [1.54, 1.807) is 12.1 Å². The minimum absolute atomic E-state index is 0.254. The lowest BCUT2D eigenvalue weighted by molar-refractivity contribution is 0.0206. The monoisotopic (exact) mass is 317 g/mol. The van der Waals surface area contributed by atoms with Crippen LogP contribution in [0.15, 0.2) is 36.4 Å². The van der Waals surface area contributed by atoms with Crippen molar-refractivity contribution in [2.45, 2.75) is 18.9 Å². The molecule has 122 valence electrons. The predicted octanol–water partition coefficient (Wildman–Crippen LogP) is 2.89. The van der Waals surface area contributed by atoms with E-state index in [0.29, 0.717) is 31.3 Å². The predicted molar refractivity (Wildman–Crippen MR) is 85.7 cm³/mol. The highest BCUT2D eigenvalue weighted by atomic mass is 19.1. The van der Waals surface area contributed by atoms with Gasteiger partial charge < -0.3 is 14.8 Å². The second-order valence-electron chi connectivity index (χ2n) is 5.45. The average molecular weight is 317 g/mol. The van der Waals surface area contributed by atoms with Crippen LogP contribution in [0.25, 0.3) is 11.3 Å². The van der Waals surface area contributed by atoms with Crippen LogP contribution in [-0.4, -0.2) is 42.7 Å². The summed E-state index contributed by atoms with van der Waals surface area (Å²) in [5.74, 6) is 0.430. The number of benzene rings is 1. The van der Waals surface area contributed by atoms with Crippen LogP contribution in [0.1, 0.15) is 12.8 Å². The molecule has 23 heavy (non-hydrogen) atoms. The van der Waals surface area contributed by atoms with E-state index in [4.69, 9.17) is 9.47 Å². The van der Waals surface area contributed by atoms with Crippen LogP contribution in [0.3, 0.4) is 0 Å². The van der Waals surface area contributed by atoms with Gasteiger partial charge in [-0.15, -0.1) is 10.2 Å². The van der Waals surface area contributed by atoms with Crippen LogP contribution in [-0.2, 0) is 9.47 Å². The first-order valence-corrected chi connectivity index (χ1v) is 7.84. The number of rotatable bonds is 7. The molecular weight excluding hydrogens is 297 g/mol. The molecule has 1 unspecified atom stereocenters. The topological polar surface area (TPSA) is 56.3 Å². The Balaban J connectivity index is 1.41. The summed E-state index contributed by atoms with van der Waals surface area (Å²) in [5.41, 5.74) is 1.55. The molecule has 1 aliphatic heterocycles. The molecule has 1 atom stereocenters. The summed E-state index contributed by atoms with van der Waals surface area (Å²) in [6.45, 7) is 2.76. The van der Waals surface area contributed by atoms with Crippen LogP contribution < -0.4 is 5.32 Å². The molecule has 1 N–H and O–H groups in total. The molecule has 2 heterocycles. The van der Waals surface area contributed by atoms with E-state index in [2.05, 4.69) is 15.5 Å². The first-order valence-electron chi connectivity index (χ1n) is 7.84.